The Bertz CT molecular complexity index is 2160. The molecular formula is C41H40N2S+2. The summed E-state index contributed by atoms with van der Waals surface area (Å²) in [6.07, 6.45) is 9.36. The molecule has 3 heteroatoms. The molecule has 3 aromatic heterocycles. The van der Waals surface area contributed by atoms with Crippen molar-refractivity contribution >= 4 is 37.2 Å². The Morgan fingerprint density at radius 1 is 0.818 bits per heavy atom. The molecule has 0 atom stereocenters. The summed E-state index contributed by atoms with van der Waals surface area (Å²) in [4.78, 5) is 0. The second kappa shape index (κ2) is 9.71. The van der Waals surface area contributed by atoms with Crippen LogP contribution in [-0.4, -0.2) is 0 Å². The Morgan fingerprint density at radius 2 is 1.57 bits per heavy atom. The molecule has 0 bridgehead atoms. The van der Waals surface area contributed by atoms with Gasteiger partial charge in [0.1, 0.15) is 4.70 Å². The zero-order valence-corrected chi connectivity index (χ0v) is 27.5. The fourth-order valence-corrected chi connectivity index (χ4v) is 9.80. The second-order valence-corrected chi connectivity index (χ2v) is 14.4. The summed E-state index contributed by atoms with van der Waals surface area (Å²) in [6, 6.07) is 29.5. The van der Waals surface area contributed by atoms with E-state index in [2.05, 4.69) is 148 Å². The minimum absolute atomic E-state index is 0.0116. The normalized spacial score (nSPS) is 16.6. The molecule has 8 rings (SSSR count). The summed E-state index contributed by atoms with van der Waals surface area (Å²) in [7, 11) is 0. The van der Waals surface area contributed by atoms with E-state index in [9.17, 15) is 0 Å². The van der Waals surface area contributed by atoms with Gasteiger partial charge >= 0.3 is 0 Å². The lowest BCUT2D eigenvalue weighted by atomic mass is 9.75. The summed E-state index contributed by atoms with van der Waals surface area (Å²) >= 11 is 1.96. The van der Waals surface area contributed by atoms with Crippen molar-refractivity contribution in [3.8, 4) is 22.4 Å². The van der Waals surface area contributed by atoms with Crippen LogP contribution in [0.5, 0.6) is 0 Å². The van der Waals surface area contributed by atoms with Crippen LogP contribution in [0, 0.1) is 13.8 Å². The lowest BCUT2D eigenvalue weighted by molar-refractivity contribution is -0.727. The van der Waals surface area contributed by atoms with Gasteiger partial charge in [0.15, 0.2) is 24.5 Å². The number of allylic oxidation sites excluding steroid dienone is 2. The maximum absolute atomic E-state index is 2.66. The van der Waals surface area contributed by atoms with Crippen LogP contribution in [0.3, 0.4) is 0 Å². The van der Waals surface area contributed by atoms with Crippen LogP contribution in [0.2, 0.25) is 0 Å². The highest BCUT2D eigenvalue weighted by Gasteiger charge is 2.48. The van der Waals surface area contributed by atoms with Crippen molar-refractivity contribution in [1.29, 1.82) is 0 Å². The minimum atomic E-state index is -0.106. The van der Waals surface area contributed by atoms with E-state index in [0.29, 0.717) is 0 Å². The lowest BCUT2D eigenvalue weighted by Gasteiger charge is -2.33. The number of hydrogen-bond donors (Lipinski definition) is 0. The van der Waals surface area contributed by atoms with Crippen molar-refractivity contribution in [2.45, 2.75) is 71.9 Å². The third-order valence-corrected chi connectivity index (χ3v) is 11.9. The molecule has 6 aromatic rings. The number of thiophene rings is 1. The van der Waals surface area contributed by atoms with Gasteiger partial charge in [0.2, 0.25) is 11.2 Å². The maximum atomic E-state index is 2.66. The quantitative estimate of drug-likeness (QED) is 0.176. The molecule has 0 fully saturated rings. The van der Waals surface area contributed by atoms with Crippen molar-refractivity contribution < 1.29 is 9.13 Å². The van der Waals surface area contributed by atoms with E-state index in [0.717, 1.165) is 19.4 Å². The Balaban J connectivity index is 1.39. The van der Waals surface area contributed by atoms with E-state index in [1.165, 1.54) is 76.1 Å². The number of hydrogen-bond acceptors (Lipinski definition) is 1. The smallest absolute Gasteiger partial charge is 0.194 e. The van der Waals surface area contributed by atoms with Gasteiger partial charge in [0.05, 0.1) is 15.6 Å². The van der Waals surface area contributed by atoms with E-state index in [4.69, 9.17) is 0 Å². The summed E-state index contributed by atoms with van der Waals surface area (Å²) in [5, 5.41) is 1.42. The highest BCUT2D eigenvalue weighted by Crippen LogP contribution is 2.51. The molecular weight excluding hydrogens is 553 g/mol. The van der Waals surface area contributed by atoms with Crippen molar-refractivity contribution in [2.75, 3.05) is 0 Å². The number of nitrogens with zero attached hydrogens (tertiary/aromatic N) is 2. The zero-order valence-electron chi connectivity index (χ0n) is 26.7. The summed E-state index contributed by atoms with van der Waals surface area (Å²) in [6.45, 7) is 14.9. The van der Waals surface area contributed by atoms with Crippen molar-refractivity contribution in [3.05, 3.63) is 125 Å². The predicted octanol–water partition coefficient (Wildman–Crippen LogP) is 9.83. The van der Waals surface area contributed by atoms with Crippen LogP contribution >= 0.6 is 11.3 Å². The molecule has 0 N–H and O–H groups in total. The Morgan fingerprint density at radius 3 is 2.34 bits per heavy atom. The van der Waals surface area contributed by atoms with E-state index in [-0.39, 0.29) is 11.0 Å². The van der Waals surface area contributed by atoms with Crippen LogP contribution in [0.15, 0.2) is 97.3 Å². The van der Waals surface area contributed by atoms with E-state index < -0.39 is 0 Å². The van der Waals surface area contributed by atoms with E-state index in [1.807, 2.05) is 11.3 Å². The van der Waals surface area contributed by atoms with Crippen LogP contribution in [0.1, 0.15) is 68.4 Å². The monoisotopic (exact) mass is 592 g/mol. The first-order chi connectivity index (χ1) is 21.3. The first-order valence-corrected chi connectivity index (χ1v) is 16.9. The van der Waals surface area contributed by atoms with Gasteiger partial charge in [0, 0.05) is 41.0 Å². The third kappa shape index (κ3) is 3.59. The average molecular weight is 593 g/mol. The van der Waals surface area contributed by atoms with Crippen molar-refractivity contribution in [3.63, 3.8) is 0 Å². The minimum Gasteiger partial charge on any atom is -0.194 e. The molecule has 2 nitrogen and oxygen atoms in total. The summed E-state index contributed by atoms with van der Waals surface area (Å²) in [5.74, 6) is 0. The molecule has 0 saturated heterocycles. The molecule has 0 radical (unpaired) electrons. The molecule has 0 unspecified atom stereocenters. The van der Waals surface area contributed by atoms with E-state index >= 15 is 0 Å². The third-order valence-electron chi connectivity index (χ3n) is 10.7. The molecule has 0 saturated carbocycles. The molecule has 44 heavy (non-hydrogen) atoms. The van der Waals surface area contributed by atoms with Gasteiger partial charge in [0.25, 0.3) is 0 Å². The Hall–Kier alpha value is -4.08. The van der Waals surface area contributed by atoms with Crippen LogP contribution in [-0.2, 0) is 17.5 Å². The van der Waals surface area contributed by atoms with Gasteiger partial charge in [-0.2, -0.15) is 9.13 Å². The SMILES string of the molecule is CCC1(CC)C(=CC[n+]2cccc3c2-c2c(C)cccc2C3(C)C)c2ccc(-c3ccccc3)c3sc4cc(C)c[n+]1c4c23. The Kier molecular flexibility index (Phi) is 6.06. The highest BCUT2D eigenvalue weighted by molar-refractivity contribution is 7.26. The lowest BCUT2D eigenvalue weighted by Crippen LogP contribution is -2.58. The molecule has 218 valence electrons. The van der Waals surface area contributed by atoms with Crippen LogP contribution in [0.25, 0.3) is 48.3 Å². The fourth-order valence-electron chi connectivity index (χ4n) is 8.44. The standard InChI is InChI=1S/C41H40N2S/c1-7-41(8-2)31(21-23-42-22-13-18-33-37(42)35-27(4)14-12-17-32(35)40(33,5)6)30-20-19-29(28-15-10-9-11-16-28)39-36(30)38-34(44-39)24-26(3)25-43(38)41/h9-22,24-25H,7-8,23H2,1-6H3/q+2. The molecule has 3 aromatic carbocycles. The molecule has 2 aliphatic rings. The van der Waals surface area contributed by atoms with Crippen molar-refractivity contribution in [1.82, 2.24) is 0 Å². The Labute approximate surface area is 265 Å². The summed E-state index contributed by atoms with van der Waals surface area (Å²) < 4.78 is 7.95. The van der Waals surface area contributed by atoms with Gasteiger partial charge in [-0.25, -0.2) is 0 Å². The van der Waals surface area contributed by atoms with Crippen molar-refractivity contribution in [2.24, 2.45) is 0 Å². The second-order valence-electron chi connectivity index (χ2n) is 13.3. The van der Waals surface area contributed by atoms with Gasteiger partial charge in [-0.05, 0) is 59.9 Å². The predicted molar refractivity (Wildman–Crippen MR) is 185 cm³/mol. The molecule has 0 amide bonds. The molecule has 1 aliphatic heterocycles. The van der Waals surface area contributed by atoms with Gasteiger partial charge in [-0.15, -0.1) is 11.3 Å². The van der Waals surface area contributed by atoms with Gasteiger partial charge in [-0.1, -0.05) is 88.4 Å². The molecule has 4 heterocycles. The maximum Gasteiger partial charge on any atom is 0.232 e. The summed E-state index contributed by atoms with van der Waals surface area (Å²) in [5.41, 5.74) is 15.1. The number of aryl methyl sites for hydroxylation is 2. The number of benzene rings is 3. The molecule has 0 spiro atoms. The number of rotatable bonds is 5. The highest BCUT2D eigenvalue weighted by atomic mass is 32.1. The average Bonchev–Trinajstić information content (AvgIpc) is 3.53. The van der Waals surface area contributed by atoms with E-state index in [1.54, 1.807) is 0 Å². The fraction of sp³-hybridized carbons (Fsp3) is 0.268. The number of pyridine rings is 2. The topological polar surface area (TPSA) is 7.76 Å². The van der Waals surface area contributed by atoms with Crippen LogP contribution in [0.4, 0.5) is 0 Å². The number of aromatic nitrogens is 2. The van der Waals surface area contributed by atoms with Crippen LogP contribution < -0.4 is 9.13 Å². The first kappa shape index (κ1) is 27.5. The largest absolute Gasteiger partial charge is 0.232 e. The zero-order chi connectivity index (χ0) is 30.4. The van der Waals surface area contributed by atoms with Gasteiger partial charge < -0.3 is 0 Å². The molecule has 1 aliphatic carbocycles. The van der Waals surface area contributed by atoms with Gasteiger partial charge in [-0.3, -0.25) is 0 Å². The first-order valence-electron chi connectivity index (χ1n) is 16.1. The number of fused-ring (bicyclic) bond motifs is 3.